The number of fused-ring (bicyclic) bond motifs is 5. The van der Waals surface area contributed by atoms with Crippen molar-refractivity contribution in [3.8, 4) is 5.75 Å². The number of hydrogen-bond donors (Lipinski definition) is 1. The van der Waals surface area contributed by atoms with Crippen LogP contribution in [0.5, 0.6) is 5.75 Å². The lowest BCUT2D eigenvalue weighted by molar-refractivity contribution is 0.0277. The van der Waals surface area contributed by atoms with E-state index in [1.807, 2.05) is 0 Å². The first kappa shape index (κ1) is 15.3. The zero-order valence-corrected chi connectivity index (χ0v) is 14.3. The zero-order chi connectivity index (χ0) is 16.2. The summed E-state index contributed by atoms with van der Waals surface area (Å²) >= 11 is 0. The fourth-order valence-corrected chi connectivity index (χ4v) is 6.15. The molecule has 3 aliphatic rings. The van der Waals surface area contributed by atoms with Crippen LogP contribution >= 0.6 is 0 Å². The van der Waals surface area contributed by atoms with E-state index in [1.165, 1.54) is 30.4 Å². The van der Waals surface area contributed by atoms with Gasteiger partial charge in [0.05, 0.1) is 13.2 Å². The van der Waals surface area contributed by atoms with Crippen LogP contribution in [-0.4, -0.2) is 18.3 Å². The molecule has 2 heteroatoms. The first-order valence-corrected chi connectivity index (χ1v) is 9.01. The maximum atomic E-state index is 10.3. The van der Waals surface area contributed by atoms with Crippen molar-refractivity contribution in [1.82, 2.24) is 0 Å². The highest BCUT2D eigenvalue weighted by molar-refractivity contribution is 5.46. The average Bonchev–Trinajstić information content (AvgIpc) is 2.87. The smallest absolute Gasteiger partial charge is 0.119 e. The van der Waals surface area contributed by atoms with Crippen LogP contribution in [-0.2, 0) is 11.8 Å². The minimum absolute atomic E-state index is 0.0914. The molecule has 5 atom stereocenters. The van der Waals surface area contributed by atoms with Crippen molar-refractivity contribution in [3.63, 3.8) is 0 Å². The van der Waals surface area contributed by atoms with Gasteiger partial charge >= 0.3 is 0 Å². The van der Waals surface area contributed by atoms with E-state index in [0.717, 1.165) is 25.0 Å². The standard InChI is InChI=1S/C21H28O2/c1-4-21-10-9-20(2)13-15(22)12-19(20)18(21)7-5-14-11-16(23-3)6-8-17(14)21/h4,6,8,11,15,18-19,22H,1,5,7,9-10,12-13H2,2-3H3/t15-,18+,19+,20-,21-/m1/s1. The predicted octanol–water partition coefficient (Wildman–Crippen LogP) is 4.25. The fraction of sp³-hybridized carbons (Fsp3) is 0.619. The second-order valence-electron chi connectivity index (χ2n) is 8.27. The Morgan fingerprint density at radius 3 is 2.87 bits per heavy atom. The minimum atomic E-state index is -0.108. The van der Waals surface area contributed by atoms with Gasteiger partial charge < -0.3 is 9.84 Å². The van der Waals surface area contributed by atoms with E-state index in [2.05, 4.69) is 37.8 Å². The van der Waals surface area contributed by atoms with Crippen molar-refractivity contribution < 1.29 is 9.84 Å². The first-order valence-electron chi connectivity index (χ1n) is 9.01. The lowest BCUT2D eigenvalue weighted by Crippen LogP contribution is -2.49. The minimum Gasteiger partial charge on any atom is -0.497 e. The Kier molecular flexibility index (Phi) is 3.39. The second-order valence-corrected chi connectivity index (χ2v) is 8.27. The molecule has 0 amide bonds. The van der Waals surface area contributed by atoms with Crippen LogP contribution in [0.3, 0.4) is 0 Å². The molecule has 0 spiro atoms. The van der Waals surface area contributed by atoms with E-state index >= 15 is 0 Å². The Bertz CT molecular complexity index is 637. The summed E-state index contributed by atoms with van der Waals surface area (Å²) < 4.78 is 5.42. The Morgan fingerprint density at radius 1 is 1.30 bits per heavy atom. The second kappa shape index (κ2) is 5.11. The summed E-state index contributed by atoms with van der Waals surface area (Å²) in [5.74, 6) is 2.20. The van der Waals surface area contributed by atoms with Gasteiger partial charge in [-0.2, -0.15) is 0 Å². The van der Waals surface area contributed by atoms with Crippen LogP contribution < -0.4 is 4.74 Å². The Balaban J connectivity index is 1.80. The molecule has 1 aromatic carbocycles. The van der Waals surface area contributed by atoms with Crippen molar-refractivity contribution >= 4 is 0 Å². The lowest BCUT2D eigenvalue weighted by Gasteiger charge is -2.55. The van der Waals surface area contributed by atoms with E-state index in [0.29, 0.717) is 17.3 Å². The van der Waals surface area contributed by atoms with Crippen LogP contribution in [0.25, 0.3) is 0 Å². The van der Waals surface area contributed by atoms with Gasteiger partial charge in [0.25, 0.3) is 0 Å². The van der Waals surface area contributed by atoms with Gasteiger partial charge in [-0.25, -0.2) is 0 Å². The third kappa shape index (κ3) is 2.04. The van der Waals surface area contributed by atoms with Crippen molar-refractivity contribution in [2.24, 2.45) is 17.3 Å². The Morgan fingerprint density at radius 2 is 2.13 bits per heavy atom. The van der Waals surface area contributed by atoms with Crippen LogP contribution in [0, 0.1) is 17.3 Å². The number of methoxy groups -OCH3 is 1. The highest BCUT2D eigenvalue weighted by atomic mass is 16.5. The average molecular weight is 312 g/mol. The molecule has 1 aromatic rings. The molecule has 4 rings (SSSR count). The van der Waals surface area contributed by atoms with E-state index in [1.54, 1.807) is 7.11 Å². The van der Waals surface area contributed by atoms with Crippen LogP contribution in [0.15, 0.2) is 30.9 Å². The van der Waals surface area contributed by atoms with Gasteiger partial charge in [-0.1, -0.05) is 19.1 Å². The van der Waals surface area contributed by atoms with Crippen molar-refractivity contribution in [3.05, 3.63) is 42.0 Å². The van der Waals surface area contributed by atoms with Gasteiger partial charge in [-0.15, -0.1) is 6.58 Å². The number of aryl methyl sites for hydroxylation is 1. The normalized spacial score (nSPS) is 41.6. The van der Waals surface area contributed by atoms with Crippen molar-refractivity contribution in [1.29, 1.82) is 0 Å². The molecule has 23 heavy (non-hydrogen) atoms. The summed E-state index contributed by atoms with van der Waals surface area (Å²) in [6.07, 6.45) is 8.77. The van der Waals surface area contributed by atoms with E-state index < -0.39 is 0 Å². The molecule has 0 saturated heterocycles. The first-order chi connectivity index (χ1) is 11.0. The summed E-state index contributed by atoms with van der Waals surface area (Å²) in [5.41, 5.74) is 3.31. The van der Waals surface area contributed by atoms with Gasteiger partial charge in [-0.3, -0.25) is 0 Å². The molecule has 0 radical (unpaired) electrons. The monoisotopic (exact) mass is 312 g/mol. The number of aliphatic hydroxyl groups is 1. The predicted molar refractivity (Wildman–Crippen MR) is 92.8 cm³/mol. The molecular formula is C21H28O2. The summed E-state index contributed by atoms with van der Waals surface area (Å²) in [4.78, 5) is 0. The number of hydrogen-bond acceptors (Lipinski definition) is 2. The SMILES string of the molecule is C=C[C@]12CC[C@]3(C)C[C@H](O)C[C@H]3[C@@H]1CCc1cc(OC)ccc12. The molecule has 0 unspecified atom stereocenters. The Labute approximate surface area is 139 Å². The molecule has 2 saturated carbocycles. The van der Waals surface area contributed by atoms with Gasteiger partial charge in [0.15, 0.2) is 0 Å². The summed E-state index contributed by atoms with van der Waals surface area (Å²) in [7, 11) is 1.74. The van der Waals surface area contributed by atoms with Crippen LogP contribution in [0.4, 0.5) is 0 Å². The number of rotatable bonds is 2. The molecule has 0 aromatic heterocycles. The number of allylic oxidation sites excluding steroid dienone is 1. The number of aliphatic hydroxyl groups excluding tert-OH is 1. The lowest BCUT2D eigenvalue weighted by atomic mass is 9.49. The molecule has 124 valence electrons. The maximum Gasteiger partial charge on any atom is 0.119 e. The molecule has 0 bridgehead atoms. The van der Waals surface area contributed by atoms with Gasteiger partial charge in [0.1, 0.15) is 5.75 Å². The molecule has 0 aliphatic heterocycles. The molecule has 1 N–H and O–H groups in total. The fourth-order valence-electron chi connectivity index (χ4n) is 6.15. The van der Waals surface area contributed by atoms with Gasteiger partial charge in [0, 0.05) is 5.41 Å². The summed E-state index contributed by atoms with van der Waals surface area (Å²) in [5, 5.41) is 10.3. The topological polar surface area (TPSA) is 29.5 Å². The Hall–Kier alpha value is -1.28. The quantitative estimate of drug-likeness (QED) is 0.827. The number of benzene rings is 1. The van der Waals surface area contributed by atoms with E-state index in [-0.39, 0.29) is 11.5 Å². The van der Waals surface area contributed by atoms with Gasteiger partial charge in [0.2, 0.25) is 0 Å². The zero-order valence-electron chi connectivity index (χ0n) is 14.3. The number of ether oxygens (including phenoxy) is 1. The highest BCUT2D eigenvalue weighted by Crippen LogP contribution is 2.63. The summed E-state index contributed by atoms with van der Waals surface area (Å²) in [6.45, 7) is 6.67. The van der Waals surface area contributed by atoms with E-state index in [4.69, 9.17) is 4.74 Å². The molecule has 2 nitrogen and oxygen atoms in total. The van der Waals surface area contributed by atoms with Gasteiger partial charge in [-0.05, 0) is 79.0 Å². The molecule has 3 aliphatic carbocycles. The summed E-state index contributed by atoms with van der Waals surface area (Å²) in [6, 6.07) is 6.59. The van der Waals surface area contributed by atoms with Crippen molar-refractivity contribution in [2.45, 2.75) is 57.0 Å². The third-order valence-corrected chi connectivity index (χ3v) is 7.28. The van der Waals surface area contributed by atoms with Crippen molar-refractivity contribution in [2.75, 3.05) is 7.11 Å². The molecular weight excluding hydrogens is 284 g/mol. The highest BCUT2D eigenvalue weighted by Gasteiger charge is 2.57. The maximum absolute atomic E-state index is 10.3. The van der Waals surface area contributed by atoms with E-state index in [9.17, 15) is 5.11 Å². The third-order valence-electron chi connectivity index (χ3n) is 7.28. The van der Waals surface area contributed by atoms with Crippen LogP contribution in [0.2, 0.25) is 0 Å². The molecule has 0 heterocycles. The van der Waals surface area contributed by atoms with Crippen LogP contribution in [0.1, 0.15) is 50.2 Å². The molecule has 2 fully saturated rings. The largest absolute Gasteiger partial charge is 0.497 e.